The summed E-state index contributed by atoms with van der Waals surface area (Å²) in [5, 5.41) is 5.52. The van der Waals surface area contributed by atoms with Crippen LogP contribution in [-0.4, -0.2) is 39.9 Å². The minimum Gasteiger partial charge on any atom is -0.497 e. The Bertz CT molecular complexity index is 439. The van der Waals surface area contributed by atoms with E-state index in [1.165, 1.54) is 5.56 Å². The molecule has 0 radical (unpaired) electrons. The van der Waals surface area contributed by atoms with Gasteiger partial charge in [0.05, 0.1) is 7.11 Å². The highest BCUT2D eigenvalue weighted by atomic mass is 16.5. The molecule has 0 aliphatic carbocycles. The lowest BCUT2D eigenvalue weighted by Crippen LogP contribution is -2.46. The van der Waals surface area contributed by atoms with Crippen LogP contribution >= 0.6 is 0 Å². The monoisotopic (exact) mass is 278 g/mol. The molecular weight excluding hydrogens is 256 g/mol. The molecule has 2 amide bonds. The molecule has 5 nitrogen and oxygen atoms in total. The highest BCUT2D eigenvalue weighted by Crippen LogP contribution is 2.35. The van der Waals surface area contributed by atoms with E-state index >= 15 is 0 Å². The van der Waals surface area contributed by atoms with E-state index in [9.17, 15) is 4.79 Å². The van der Waals surface area contributed by atoms with Crippen molar-refractivity contribution in [2.75, 3.05) is 33.9 Å². The van der Waals surface area contributed by atoms with Crippen LogP contribution in [0.1, 0.15) is 18.4 Å². The van der Waals surface area contributed by atoms with Crippen molar-refractivity contribution in [2.24, 2.45) is 0 Å². The molecule has 1 aliphatic rings. The maximum atomic E-state index is 11.5. The summed E-state index contributed by atoms with van der Waals surface area (Å²) in [7, 11) is 3.28. The molecule has 110 valence electrons. The average molecular weight is 278 g/mol. The van der Waals surface area contributed by atoms with Crippen molar-refractivity contribution in [1.82, 2.24) is 10.6 Å². The summed E-state index contributed by atoms with van der Waals surface area (Å²) < 4.78 is 10.7. The standard InChI is InChI=1S/C15H22N2O3/c1-16-14(18)17-11-15(7-9-20-10-8-15)12-3-5-13(19-2)6-4-12/h3-6H,7-11H2,1-2H3,(H2,16,17,18). The molecule has 0 unspecified atom stereocenters. The van der Waals surface area contributed by atoms with Gasteiger partial charge in [-0.1, -0.05) is 12.1 Å². The van der Waals surface area contributed by atoms with Gasteiger partial charge in [-0.05, 0) is 30.5 Å². The zero-order chi connectivity index (χ0) is 14.4. The molecule has 1 aromatic carbocycles. The molecule has 0 bridgehead atoms. The Labute approximate surface area is 119 Å². The van der Waals surface area contributed by atoms with Crippen LogP contribution in [0.3, 0.4) is 0 Å². The molecule has 1 heterocycles. The predicted octanol–water partition coefficient (Wildman–Crippen LogP) is 1.67. The Morgan fingerprint density at radius 1 is 1.30 bits per heavy atom. The molecule has 0 aromatic heterocycles. The van der Waals surface area contributed by atoms with E-state index in [0.717, 1.165) is 31.8 Å². The minimum absolute atomic E-state index is 0.0585. The number of rotatable bonds is 4. The van der Waals surface area contributed by atoms with Crippen molar-refractivity contribution in [1.29, 1.82) is 0 Å². The van der Waals surface area contributed by atoms with E-state index in [2.05, 4.69) is 22.8 Å². The SMILES string of the molecule is CNC(=O)NCC1(c2ccc(OC)cc2)CCOCC1. The highest BCUT2D eigenvalue weighted by Gasteiger charge is 2.34. The maximum absolute atomic E-state index is 11.5. The number of nitrogens with one attached hydrogen (secondary N) is 2. The van der Waals surface area contributed by atoms with Crippen LogP contribution in [0.5, 0.6) is 5.75 Å². The van der Waals surface area contributed by atoms with Crippen molar-refractivity contribution in [3.05, 3.63) is 29.8 Å². The number of methoxy groups -OCH3 is 1. The first kappa shape index (κ1) is 14.7. The fourth-order valence-corrected chi connectivity index (χ4v) is 2.61. The number of benzene rings is 1. The third-order valence-corrected chi connectivity index (χ3v) is 3.97. The van der Waals surface area contributed by atoms with Crippen LogP contribution in [0.2, 0.25) is 0 Å². The zero-order valence-corrected chi connectivity index (χ0v) is 12.1. The van der Waals surface area contributed by atoms with Crippen LogP contribution in [0, 0.1) is 0 Å². The number of amides is 2. The Kier molecular flexibility index (Phi) is 4.84. The molecule has 0 saturated carbocycles. The van der Waals surface area contributed by atoms with Gasteiger partial charge < -0.3 is 20.1 Å². The van der Waals surface area contributed by atoms with Crippen LogP contribution < -0.4 is 15.4 Å². The average Bonchev–Trinajstić information content (AvgIpc) is 2.53. The number of hydrogen-bond donors (Lipinski definition) is 2. The summed E-state index contributed by atoms with van der Waals surface area (Å²) in [4.78, 5) is 11.5. The van der Waals surface area contributed by atoms with Gasteiger partial charge in [0.2, 0.25) is 0 Å². The number of carbonyl (C=O) groups excluding carboxylic acids is 1. The minimum atomic E-state index is -0.149. The Balaban J connectivity index is 2.18. The van der Waals surface area contributed by atoms with E-state index < -0.39 is 0 Å². The summed E-state index contributed by atoms with van der Waals surface area (Å²) in [5.41, 5.74) is 1.16. The summed E-state index contributed by atoms with van der Waals surface area (Å²) in [5.74, 6) is 0.843. The van der Waals surface area contributed by atoms with Crippen molar-refractivity contribution in [2.45, 2.75) is 18.3 Å². The van der Waals surface area contributed by atoms with Crippen LogP contribution in [0.15, 0.2) is 24.3 Å². The van der Waals surface area contributed by atoms with Gasteiger partial charge >= 0.3 is 6.03 Å². The quantitative estimate of drug-likeness (QED) is 0.881. The molecule has 1 fully saturated rings. The smallest absolute Gasteiger partial charge is 0.314 e. The number of carbonyl (C=O) groups is 1. The van der Waals surface area contributed by atoms with Gasteiger partial charge in [-0.2, -0.15) is 0 Å². The van der Waals surface area contributed by atoms with Crippen molar-refractivity contribution < 1.29 is 14.3 Å². The molecule has 2 N–H and O–H groups in total. The van der Waals surface area contributed by atoms with Crippen LogP contribution in [-0.2, 0) is 10.2 Å². The number of hydrogen-bond acceptors (Lipinski definition) is 3. The van der Waals surface area contributed by atoms with E-state index in [0.29, 0.717) is 6.54 Å². The molecule has 2 rings (SSSR count). The van der Waals surface area contributed by atoms with Crippen molar-refractivity contribution in [3.63, 3.8) is 0 Å². The van der Waals surface area contributed by atoms with Crippen LogP contribution in [0.25, 0.3) is 0 Å². The lowest BCUT2D eigenvalue weighted by Gasteiger charge is -2.38. The molecule has 5 heteroatoms. The van der Waals surface area contributed by atoms with Gasteiger partial charge in [-0.3, -0.25) is 0 Å². The molecule has 20 heavy (non-hydrogen) atoms. The first-order valence-corrected chi connectivity index (χ1v) is 6.88. The van der Waals surface area contributed by atoms with Gasteiger partial charge in [0.25, 0.3) is 0 Å². The Hall–Kier alpha value is -1.75. The third kappa shape index (κ3) is 3.22. The second-order valence-electron chi connectivity index (χ2n) is 5.05. The fraction of sp³-hybridized carbons (Fsp3) is 0.533. The Morgan fingerprint density at radius 3 is 2.50 bits per heavy atom. The number of urea groups is 1. The van der Waals surface area contributed by atoms with Crippen molar-refractivity contribution >= 4 is 6.03 Å². The van der Waals surface area contributed by atoms with E-state index in [1.54, 1.807) is 14.2 Å². The lowest BCUT2D eigenvalue weighted by molar-refractivity contribution is 0.0507. The molecule has 1 aliphatic heterocycles. The van der Waals surface area contributed by atoms with Crippen molar-refractivity contribution in [3.8, 4) is 5.75 Å². The second kappa shape index (κ2) is 6.61. The first-order chi connectivity index (χ1) is 9.70. The van der Waals surface area contributed by atoms with Gasteiger partial charge in [0.15, 0.2) is 0 Å². The van der Waals surface area contributed by atoms with Gasteiger partial charge in [-0.25, -0.2) is 4.79 Å². The molecule has 1 aromatic rings. The molecule has 0 atom stereocenters. The summed E-state index contributed by atoms with van der Waals surface area (Å²) >= 11 is 0. The maximum Gasteiger partial charge on any atom is 0.314 e. The molecule has 1 saturated heterocycles. The Morgan fingerprint density at radius 2 is 1.95 bits per heavy atom. The van der Waals surface area contributed by atoms with Gasteiger partial charge in [-0.15, -0.1) is 0 Å². The summed E-state index contributed by atoms with van der Waals surface area (Å²) in [6, 6.07) is 7.94. The predicted molar refractivity (Wildman–Crippen MR) is 77.2 cm³/mol. The zero-order valence-electron chi connectivity index (χ0n) is 12.1. The summed E-state index contributed by atoms with van der Waals surface area (Å²) in [6.45, 7) is 2.06. The van der Waals surface area contributed by atoms with Gasteiger partial charge in [0.1, 0.15) is 5.75 Å². The highest BCUT2D eigenvalue weighted by molar-refractivity contribution is 5.73. The van der Waals surface area contributed by atoms with E-state index in [4.69, 9.17) is 9.47 Å². The fourth-order valence-electron chi connectivity index (χ4n) is 2.61. The topological polar surface area (TPSA) is 59.6 Å². The second-order valence-corrected chi connectivity index (χ2v) is 5.05. The normalized spacial score (nSPS) is 17.3. The molecular formula is C15H22N2O3. The van der Waals surface area contributed by atoms with Gasteiger partial charge in [0, 0.05) is 32.2 Å². The van der Waals surface area contributed by atoms with Crippen LogP contribution in [0.4, 0.5) is 4.79 Å². The number of ether oxygens (including phenoxy) is 2. The largest absolute Gasteiger partial charge is 0.497 e. The third-order valence-electron chi connectivity index (χ3n) is 3.97. The van der Waals surface area contributed by atoms with E-state index in [1.807, 2.05) is 12.1 Å². The summed E-state index contributed by atoms with van der Waals surface area (Å²) in [6.07, 6.45) is 1.81. The lowest BCUT2D eigenvalue weighted by atomic mass is 9.74. The first-order valence-electron chi connectivity index (χ1n) is 6.88. The molecule has 0 spiro atoms. The van der Waals surface area contributed by atoms with E-state index in [-0.39, 0.29) is 11.4 Å².